The maximum Gasteiger partial charge on any atom is 0.259 e. The van der Waals surface area contributed by atoms with Gasteiger partial charge in [-0.25, -0.2) is 5.10 Å². The van der Waals surface area contributed by atoms with Crippen LogP contribution in [0.15, 0.2) is 35.3 Å². The fourth-order valence-corrected chi connectivity index (χ4v) is 2.30. The van der Waals surface area contributed by atoms with Crippen LogP contribution in [0.3, 0.4) is 0 Å². The molecule has 3 rings (SSSR count). The third-order valence-electron chi connectivity index (χ3n) is 3.24. The van der Waals surface area contributed by atoms with Gasteiger partial charge in [0.2, 0.25) is 0 Å². The Bertz CT molecular complexity index is 842. The van der Waals surface area contributed by atoms with E-state index in [0.717, 1.165) is 0 Å². The molecule has 0 saturated carbocycles. The van der Waals surface area contributed by atoms with Crippen molar-refractivity contribution in [2.75, 3.05) is 14.2 Å². The minimum atomic E-state index is -0.305. The Hall–Kier alpha value is -3.16. The lowest BCUT2D eigenvalue weighted by molar-refractivity contribution is 0.356. The van der Waals surface area contributed by atoms with Crippen LogP contribution in [0.25, 0.3) is 22.5 Å². The van der Waals surface area contributed by atoms with E-state index in [4.69, 9.17) is 9.47 Å². The molecule has 2 N–H and O–H groups in total. The maximum atomic E-state index is 12.2. The molecule has 8 nitrogen and oxygen atoms in total. The van der Waals surface area contributed by atoms with Gasteiger partial charge in [-0.3, -0.25) is 4.79 Å². The molecule has 3 aromatic rings. The molecule has 0 amide bonds. The van der Waals surface area contributed by atoms with Crippen LogP contribution in [0.2, 0.25) is 0 Å². The Morgan fingerprint density at radius 2 is 1.95 bits per heavy atom. The van der Waals surface area contributed by atoms with Crippen molar-refractivity contribution < 1.29 is 9.47 Å². The molecule has 0 unspecified atom stereocenters. The molecular weight excluding hydrogens is 286 g/mol. The summed E-state index contributed by atoms with van der Waals surface area (Å²) < 4.78 is 10.7. The molecule has 0 aliphatic rings. The number of benzene rings is 1. The van der Waals surface area contributed by atoms with Gasteiger partial charge in [-0.1, -0.05) is 12.1 Å². The lowest BCUT2D eigenvalue weighted by Gasteiger charge is -2.14. The number of para-hydroxylation sites is 1. The van der Waals surface area contributed by atoms with E-state index in [1.807, 2.05) is 12.1 Å². The van der Waals surface area contributed by atoms with Gasteiger partial charge in [0.05, 0.1) is 19.8 Å². The van der Waals surface area contributed by atoms with Gasteiger partial charge in [0.1, 0.15) is 0 Å². The first-order chi connectivity index (χ1) is 10.8. The summed E-state index contributed by atoms with van der Waals surface area (Å²) >= 11 is 0. The first-order valence-corrected chi connectivity index (χ1v) is 6.43. The number of nitrogens with one attached hydrogen (secondary N) is 2. The molecule has 22 heavy (non-hydrogen) atoms. The van der Waals surface area contributed by atoms with Crippen LogP contribution < -0.4 is 15.0 Å². The zero-order valence-corrected chi connectivity index (χ0v) is 12.0. The van der Waals surface area contributed by atoms with Crippen LogP contribution in [0.5, 0.6) is 11.5 Å². The second-order valence-corrected chi connectivity index (χ2v) is 4.39. The Balaban J connectivity index is 2.31. The number of methoxy groups -OCH3 is 2. The number of tetrazole rings is 1. The van der Waals surface area contributed by atoms with Crippen LogP contribution in [-0.4, -0.2) is 39.8 Å². The number of hydrogen-bond donors (Lipinski definition) is 2. The van der Waals surface area contributed by atoms with Gasteiger partial charge in [-0.15, -0.1) is 5.10 Å². The molecule has 0 atom stereocenters. The molecule has 0 saturated heterocycles. The van der Waals surface area contributed by atoms with Gasteiger partial charge in [-0.2, -0.15) is 0 Å². The summed E-state index contributed by atoms with van der Waals surface area (Å²) in [6, 6.07) is 7.20. The molecule has 0 aliphatic heterocycles. The van der Waals surface area contributed by atoms with Crippen LogP contribution in [0.1, 0.15) is 0 Å². The minimum absolute atomic E-state index is 0.279. The van der Waals surface area contributed by atoms with Crippen molar-refractivity contribution >= 4 is 0 Å². The number of H-pyrrole nitrogens is 2. The minimum Gasteiger partial charge on any atom is -0.493 e. The number of aromatic nitrogens is 5. The number of pyridine rings is 1. The first kappa shape index (κ1) is 13.8. The normalized spacial score (nSPS) is 10.5. The predicted octanol–water partition coefficient (Wildman–Crippen LogP) is 1.24. The van der Waals surface area contributed by atoms with Gasteiger partial charge in [0.15, 0.2) is 17.3 Å². The largest absolute Gasteiger partial charge is 0.493 e. The van der Waals surface area contributed by atoms with Gasteiger partial charge in [0, 0.05) is 17.3 Å². The zero-order valence-electron chi connectivity index (χ0n) is 12.0. The molecule has 2 heterocycles. The fraction of sp³-hybridized carbons (Fsp3) is 0.143. The molecule has 1 aromatic carbocycles. The average Bonchev–Trinajstić information content (AvgIpc) is 3.07. The van der Waals surface area contributed by atoms with E-state index in [0.29, 0.717) is 28.2 Å². The number of hydrogen-bond acceptors (Lipinski definition) is 6. The number of ether oxygens (including phenoxy) is 2. The summed E-state index contributed by atoms with van der Waals surface area (Å²) in [7, 11) is 3.10. The van der Waals surface area contributed by atoms with Gasteiger partial charge < -0.3 is 14.5 Å². The van der Waals surface area contributed by atoms with Gasteiger partial charge >= 0.3 is 0 Å². The van der Waals surface area contributed by atoms with Crippen LogP contribution in [0, 0.1) is 0 Å². The zero-order chi connectivity index (χ0) is 15.5. The van der Waals surface area contributed by atoms with E-state index in [-0.39, 0.29) is 11.4 Å². The predicted molar refractivity (Wildman–Crippen MR) is 78.8 cm³/mol. The van der Waals surface area contributed by atoms with Crippen molar-refractivity contribution in [3.63, 3.8) is 0 Å². The first-order valence-electron chi connectivity index (χ1n) is 6.43. The maximum absolute atomic E-state index is 12.2. The standard InChI is InChI=1S/C14H13N5O3/c1-21-10-5-3-4-9(12(10)22-2)8-6-7-15-14(20)11(8)13-16-18-19-17-13/h3-7H,1-2H3,(H,15,20)(H,16,17,18,19). The van der Waals surface area contributed by atoms with Crippen molar-refractivity contribution in [2.45, 2.75) is 0 Å². The van der Waals surface area contributed by atoms with E-state index >= 15 is 0 Å². The number of nitrogens with zero attached hydrogens (tertiary/aromatic N) is 3. The average molecular weight is 299 g/mol. The quantitative estimate of drug-likeness (QED) is 0.750. The third-order valence-corrected chi connectivity index (χ3v) is 3.24. The van der Waals surface area contributed by atoms with E-state index < -0.39 is 0 Å². The summed E-state index contributed by atoms with van der Waals surface area (Å²) in [5.74, 6) is 1.38. The molecule has 2 aromatic heterocycles. The highest BCUT2D eigenvalue weighted by Gasteiger charge is 2.19. The summed E-state index contributed by atoms with van der Waals surface area (Å²) in [4.78, 5) is 14.8. The van der Waals surface area contributed by atoms with Crippen LogP contribution in [0.4, 0.5) is 0 Å². The van der Waals surface area contributed by atoms with E-state index in [1.54, 1.807) is 32.5 Å². The monoisotopic (exact) mass is 299 g/mol. The summed E-state index contributed by atoms with van der Waals surface area (Å²) in [5.41, 5.74) is 1.37. The van der Waals surface area contributed by atoms with Crippen LogP contribution in [-0.2, 0) is 0 Å². The Kier molecular flexibility index (Phi) is 3.57. The number of rotatable bonds is 4. The molecule has 0 bridgehead atoms. The third kappa shape index (κ3) is 2.20. The molecule has 112 valence electrons. The lowest BCUT2D eigenvalue weighted by Crippen LogP contribution is -2.10. The molecule has 0 aliphatic carbocycles. The Morgan fingerprint density at radius 1 is 1.09 bits per heavy atom. The van der Waals surface area contributed by atoms with Crippen molar-refractivity contribution in [1.29, 1.82) is 0 Å². The Morgan fingerprint density at radius 3 is 2.64 bits per heavy atom. The molecular formula is C14H13N5O3. The topological polar surface area (TPSA) is 106 Å². The van der Waals surface area contributed by atoms with E-state index in [9.17, 15) is 4.79 Å². The molecule has 0 spiro atoms. The SMILES string of the molecule is COc1cccc(-c2cc[nH]c(=O)c2-c2nnn[nH]2)c1OC. The second-order valence-electron chi connectivity index (χ2n) is 4.39. The smallest absolute Gasteiger partial charge is 0.259 e. The van der Waals surface area contributed by atoms with Crippen LogP contribution >= 0.6 is 0 Å². The summed E-state index contributed by atoms with van der Waals surface area (Å²) in [6.07, 6.45) is 1.56. The van der Waals surface area contributed by atoms with Crippen molar-refractivity contribution in [3.05, 3.63) is 40.8 Å². The van der Waals surface area contributed by atoms with Gasteiger partial charge in [-0.05, 0) is 22.6 Å². The van der Waals surface area contributed by atoms with Crippen molar-refractivity contribution in [2.24, 2.45) is 0 Å². The highest BCUT2D eigenvalue weighted by Crippen LogP contribution is 2.39. The highest BCUT2D eigenvalue weighted by molar-refractivity contribution is 5.84. The molecule has 8 heteroatoms. The van der Waals surface area contributed by atoms with Crippen molar-refractivity contribution in [1.82, 2.24) is 25.6 Å². The second kappa shape index (κ2) is 5.68. The molecule has 0 radical (unpaired) electrons. The van der Waals surface area contributed by atoms with E-state index in [1.165, 1.54) is 0 Å². The Labute approximate surface area is 125 Å². The van der Waals surface area contributed by atoms with E-state index in [2.05, 4.69) is 25.6 Å². The fourth-order valence-electron chi connectivity index (χ4n) is 2.30. The summed E-state index contributed by atoms with van der Waals surface area (Å²) in [6.45, 7) is 0. The summed E-state index contributed by atoms with van der Waals surface area (Å²) in [5, 5.41) is 13.5. The lowest BCUT2D eigenvalue weighted by atomic mass is 10.00. The van der Waals surface area contributed by atoms with Crippen molar-refractivity contribution in [3.8, 4) is 34.0 Å². The van der Waals surface area contributed by atoms with Gasteiger partial charge in [0.25, 0.3) is 5.56 Å². The highest BCUT2D eigenvalue weighted by atomic mass is 16.5. The number of aromatic amines is 2. The molecule has 0 fully saturated rings.